The van der Waals surface area contributed by atoms with E-state index in [0.717, 1.165) is 58.5 Å². The third kappa shape index (κ3) is 3.55. The van der Waals surface area contributed by atoms with Gasteiger partial charge in [-0.15, -0.1) is 0 Å². The molecule has 2 atom stereocenters. The number of rotatable bonds is 4. The Hall–Kier alpha value is -0.850. The molecule has 138 valence electrons. The van der Waals surface area contributed by atoms with Gasteiger partial charge in [-0.2, -0.15) is 0 Å². The van der Waals surface area contributed by atoms with Gasteiger partial charge < -0.3 is 19.7 Å². The maximum absolute atomic E-state index is 12.7. The van der Waals surface area contributed by atoms with Crippen LogP contribution in [0.2, 0.25) is 0 Å². The lowest BCUT2D eigenvalue weighted by Gasteiger charge is -2.47. The van der Waals surface area contributed by atoms with Crippen molar-refractivity contribution in [2.24, 2.45) is 0 Å². The molecule has 2 amide bonds. The monoisotopic (exact) mass is 339 g/mol. The molecule has 6 heteroatoms. The van der Waals surface area contributed by atoms with Gasteiger partial charge in [-0.05, 0) is 46.0 Å². The second-order valence-corrected chi connectivity index (χ2v) is 7.67. The first kappa shape index (κ1) is 18.0. The van der Waals surface area contributed by atoms with Crippen LogP contribution < -0.4 is 5.32 Å². The van der Waals surface area contributed by atoms with Crippen molar-refractivity contribution in [1.82, 2.24) is 15.1 Å². The molecule has 3 aliphatic rings. The summed E-state index contributed by atoms with van der Waals surface area (Å²) in [6.45, 7) is 8.70. The van der Waals surface area contributed by atoms with Gasteiger partial charge in [-0.1, -0.05) is 0 Å². The summed E-state index contributed by atoms with van der Waals surface area (Å²) in [6.07, 6.45) is 5.50. The first-order valence-electron chi connectivity index (χ1n) is 9.50. The minimum absolute atomic E-state index is 0.0597. The van der Waals surface area contributed by atoms with Crippen molar-refractivity contribution in [3.8, 4) is 0 Å². The summed E-state index contributed by atoms with van der Waals surface area (Å²) in [6, 6.07) is 0.986. The Labute approximate surface area is 145 Å². The van der Waals surface area contributed by atoms with Crippen LogP contribution in [0.25, 0.3) is 0 Å². The smallest absolute Gasteiger partial charge is 0.318 e. The minimum Gasteiger partial charge on any atom is -0.381 e. The van der Waals surface area contributed by atoms with Gasteiger partial charge in [0.25, 0.3) is 0 Å². The third-order valence-electron chi connectivity index (χ3n) is 6.36. The molecule has 3 rings (SSSR count). The fraction of sp³-hybridized carbons (Fsp3) is 0.944. The van der Waals surface area contributed by atoms with Crippen molar-refractivity contribution < 1.29 is 14.3 Å². The van der Waals surface area contributed by atoms with Crippen LogP contribution in [0.3, 0.4) is 0 Å². The number of piperazine rings is 1. The predicted octanol–water partition coefficient (Wildman–Crippen LogP) is 1.84. The fourth-order valence-corrected chi connectivity index (χ4v) is 4.41. The van der Waals surface area contributed by atoms with E-state index in [9.17, 15) is 4.79 Å². The summed E-state index contributed by atoms with van der Waals surface area (Å²) < 4.78 is 11.2. The molecule has 2 heterocycles. The zero-order valence-corrected chi connectivity index (χ0v) is 15.4. The highest BCUT2D eigenvalue weighted by Gasteiger charge is 2.43. The molecule has 6 nitrogen and oxygen atoms in total. The van der Waals surface area contributed by atoms with Crippen LogP contribution in [-0.2, 0) is 9.47 Å². The van der Waals surface area contributed by atoms with Crippen molar-refractivity contribution in [2.45, 2.75) is 69.7 Å². The SMILES string of the molecule is COC1(C(C)NC(=O)N2CCN(C3CCOCC3)C[C@@H]2C)CCC1. The van der Waals surface area contributed by atoms with E-state index in [-0.39, 0.29) is 23.7 Å². The fourth-order valence-electron chi connectivity index (χ4n) is 4.41. The number of ether oxygens (including phenoxy) is 2. The second kappa shape index (κ2) is 7.58. The highest BCUT2D eigenvalue weighted by atomic mass is 16.5. The quantitative estimate of drug-likeness (QED) is 0.849. The normalized spacial score (nSPS) is 29.8. The summed E-state index contributed by atoms with van der Waals surface area (Å²) in [7, 11) is 1.76. The number of methoxy groups -OCH3 is 1. The van der Waals surface area contributed by atoms with Crippen molar-refractivity contribution in [3.05, 3.63) is 0 Å². The maximum Gasteiger partial charge on any atom is 0.318 e. The lowest BCUT2D eigenvalue weighted by atomic mass is 9.75. The zero-order chi connectivity index (χ0) is 17.2. The Morgan fingerprint density at radius 1 is 1.29 bits per heavy atom. The van der Waals surface area contributed by atoms with Crippen LogP contribution in [-0.4, -0.2) is 79.5 Å². The molecule has 1 aliphatic carbocycles. The number of nitrogens with one attached hydrogen (secondary N) is 1. The number of carbonyl (C=O) groups excluding carboxylic acids is 1. The molecule has 24 heavy (non-hydrogen) atoms. The number of nitrogens with zero attached hydrogens (tertiary/aromatic N) is 2. The van der Waals surface area contributed by atoms with Crippen LogP contribution in [0.1, 0.15) is 46.0 Å². The van der Waals surface area contributed by atoms with Crippen LogP contribution in [0.4, 0.5) is 4.79 Å². The molecule has 0 radical (unpaired) electrons. The number of hydrogen-bond donors (Lipinski definition) is 1. The van der Waals surface area contributed by atoms with Gasteiger partial charge in [0.15, 0.2) is 0 Å². The first-order valence-corrected chi connectivity index (χ1v) is 9.50. The first-order chi connectivity index (χ1) is 11.6. The van der Waals surface area contributed by atoms with Crippen LogP contribution >= 0.6 is 0 Å². The summed E-state index contributed by atoms with van der Waals surface area (Å²) >= 11 is 0. The van der Waals surface area contributed by atoms with Gasteiger partial charge >= 0.3 is 6.03 Å². The molecule has 2 saturated heterocycles. The Balaban J connectivity index is 1.51. The average molecular weight is 339 g/mol. The third-order valence-corrected chi connectivity index (χ3v) is 6.36. The highest BCUT2D eigenvalue weighted by Crippen LogP contribution is 2.38. The minimum atomic E-state index is -0.150. The number of urea groups is 1. The van der Waals surface area contributed by atoms with Crippen molar-refractivity contribution in [2.75, 3.05) is 40.0 Å². The van der Waals surface area contributed by atoms with Gasteiger partial charge in [0.1, 0.15) is 0 Å². The lowest BCUT2D eigenvalue weighted by Crippen LogP contribution is -2.63. The van der Waals surface area contributed by atoms with Crippen molar-refractivity contribution in [3.63, 3.8) is 0 Å². The molecule has 0 spiro atoms. The van der Waals surface area contributed by atoms with Gasteiger partial charge in [0.05, 0.1) is 11.6 Å². The van der Waals surface area contributed by atoms with Crippen molar-refractivity contribution >= 4 is 6.03 Å². The van der Waals surface area contributed by atoms with E-state index in [1.54, 1.807) is 7.11 Å². The summed E-state index contributed by atoms with van der Waals surface area (Å²) in [4.78, 5) is 17.3. The van der Waals surface area contributed by atoms with E-state index in [1.165, 1.54) is 6.42 Å². The molecule has 0 aromatic carbocycles. The van der Waals surface area contributed by atoms with Crippen LogP contribution in [0.15, 0.2) is 0 Å². The van der Waals surface area contributed by atoms with E-state index in [2.05, 4.69) is 24.1 Å². The maximum atomic E-state index is 12.7. The van der Waals surface area contributed by atoms with Crippen molar-refractivity contribution in [1.29, 1.82) is 0 Å². The van der Waals surface area contributed by atoms with Crippen LogP contribution in [0.5, 0.6) is 0 Å². The lowest BCUT2D eigenvalue weighted by molar-refractivity contribution is -0.0925. The molecule has 1 N–H and O–H groups in total. The topological polar surface area (TPSA) is 54.0 Å². The number of carbonyl (C=O) groups is 1. The van der Waals surface area contributed by atoms with Gasteiger partial charge in [0.2, 0.25) is 0 Å². The molecule has 0 aromatic rings. The molecule has 3 fully saturated rings. The van der Waals surface area contributed by atoms with Gasteiger partial charge in [0, 0.05) is 52.0 Å². The molecule has 0 bridgehead atoms. The Bertz CT molecular complexity index is 430. The highest BCUT2D eigenvalue weighted by molar-refractivity contribution is 5.75. The largest absolute Gasteiger partial charge is 0.381 e. The Morgan fingerprint density at radius 3 is 2.54 bits per heavy atom. The molecular weight excluding hydrogens is 306 g/mol. The Morgan fingerprint density at radius 2 is 2.00 bits per heavy atom. The standard InChI is InChI=1S/C18H33N3O3/c1-14-13-20(16-5-11-24-12-6-16)9-10-21(14)17(22)19-15(2)18(23-3)7-4-8-18/h14-16H,4-13H2,1-3H3,(H,19,22)/t14-,15?/m0/s1. The molecule has 0 aromatic heterocycles. The van der Waals surface area contributed by atoms with E-state index < -0.39 is 0 Å². The summed E-state index contributed by atoms with van der Waals surface area (Å²) in [5.74, 6) is 0. The molecule has 1 unspecified atom stereocenters. The molecule has 1 saturated carbocycles. The van der Waals surface area contributed by atoms with E-state index >= 15 is 0 Å². The van der Waals surface area contributed by atoms with E-state index in [0.29, 0.717) is 6.04 Å². The van der Waals surface area contributed by atoms with Crippen LogP contribution in [0, 0.1) is 0 Å². The molecular formula is C18H33N3O3. The second-order valence-electron chi connectivity index (χ2n) is 7.67. The predicted molar refractivity (Wildman–Crippen MR) is 93.2 cm³/mol. The molecule has 2 aliphatic heterocycles. The number of amides is 2. The van der Waals surface area contributed by atoms with Gasteiger partial charge in [-0.3, -0.25) is 4.90 Å². The summed E-state index contributed by atoms with van der Waals surface area (Å²) in [5, 5.41) is 3.19. The van der Waals surface area contributed by atoms with Gasteiger partial charge in [-0.25, -0.2) is 4.79 Å². The van der Waals surface area contributed by atoms with E-state index in [4.69, 9.17) is 9.47 Å². The zero-order valence-electron chi connectivity index (χ0n) is 15.4. The van der Waals surface area contributed by atoms with E-state index in [1.807, 2.05) is 4.90 Å². The number of hydrogen-bond acceptors (Lipinski definition) is 4. The Kier molecular flexibility index (Phi) is 5.67. The summed E-state index contributed by atoms with van der Waals surface area (Å²) in [5.41, 5.74) is -0.150. The average Bonchev–Trinajstić information content (AvgIpc) is 2.55.